The van der Waals surface area contributed by atoms with E-state index in [-0.39, 0.29) is 28.2 Å². The summed E-state index contributed by atoms with van der Waals surface area (Å²) in [5.41, 5.74) is 9.54. The number of oxime groups is 1. The van der Waals surface area contributed by atoms with Gasteiger partial charge in [0, 0.05) is 23.5 Å². The third kappa shape index (κ3) is 4.22. The second-order valence-electron chi connectivity index (χ2n) is 7.62. The predicted molar refractivity (Wildman–Crippen MR) is 127 cm³/mol. The third-order valence-corrected chi connectivity index (χ3v) is 5.48. The minimum absolute atomic E-state index is 0.127. The number of hydrogen-bond acceptors (Lipinski definition) is 8. The van der Waals surface area contributed by atoms with Gasteiger partial charge in [-0.2, -0.15) is 0 Å². The van der Waals surface area contributed by atoms with Gasteiger partial charge in [-0.25, -0.2) is 15.0 Å². The van der Waals surface area contributed by atoms with E-state index in [2.05, 4.69) is 25.4 Å². The SMILES string of the molecule is Cc1cc([C@@H](C)Nc2ccc(Cl)nc2/C(N)=N/O)c2oc(-c3cncnc3)c(C)c(=O)c2c1. The Balaban J connectivity index is 1.88. The van der Waals surface area contributed by atoms with Crippen LogP contribution in [0, 0.1) is 13.8 Å². The number of aromatic nitrogens is 3. The lowest BCUT2D eigenvalue weighted by atomic mass is 9.99. The van der Waals surface area contributed by atoms with E-state index >= 15 is 0 Å². The summed E-state index contributed by atoms with van der Waals surface area (Å²) in [6.45, 7) is 5.54. The lowest BCUT2D eigenvalue weighted by Gasteiger charge is -2.20. The summed E-state index contributed by atoms with van der Waals surface area (Å²) in [5.74, 6) is 0.228. The van der Waals surface area contributed by atoms with Crippen molar-refractivity contribution in [2.24, 2.45) is 10.9 Å². The Morgan fingerprint density at radius 3 is 2.67 bits per heavy atom. The van der Waals surface area contributed by atoms with Crippen LogP contribution >= 0.6 is 11.6 Å². The van der Waals surface area contributed by atoms with Crippen LogP contribution in [-0.2, 0) is 0 Å². The molecule has 0 saturated carbocycles. The van der Waals surface area contributed by atoms with Crippen LogP contribution in [0.15, 0.2) is 57.4 Å². The Bertz CT molecular complexity index is 1440. The molecule has 0 bridgehead atoms. The molecule has 0 saturated heterocycles. The van der Waals surface area contributed by atoms with E-state index in [1.807, 2.05) is 19.9 Å². The van der Waals surface area contributed by atoms with Crippen LogP contribution < -0.4 is 16.5 Å². The maximum absolute atomic E-state index is 13.2. The monoisotopic (exact) mass is 464 g/mol. The van der Waals surface area contributed by atoms with Crippen molar-refractivity contribution in [2.45, 2.75) is 26.8 Å². The molecule has 1 aromatic carbocycles. The number of nitrogens with zero attached hydrogens (tertiary/aromatic N) is 4. The van der Waals surface area contributed by atoms with Crippen molar-refractivity contribution in [1.29, 1.82) is 0 Å². The summed E-state index contributed by atoms with van der Waals surface area (Å²) in [7, 11) is 0. The summed E-state index contributed by atoms with van der Waals surface area (Å²) in [5, 5.41) is 16.1. The molecular weight excluding hydrogens is 444 g/mol. The standard InChI is InChI=1S/C23H21ClN6O3/c1-11-6-15(13(3)28-17-4-5-18(24)29-19(17)23(25)30-32)22-16(7-11)20(31)12(2)21(33-22)14-8-26-10-27-9-14/h4-10,13,28,32H,1-3H3,(H2,25,30)/t13-/m1/s1. The molecule has 9 nitrogen and oxygen atoms in total. The molecule has 4 aromatic rings. The molecule has 1 atom stereocenters. The molecule has 4 rings (SSSR count). The molecule has 3 aromatic heterocycles. The smallest absolute Gasteiger partial charge is 0.196 e. The third-order valence-electron chi connectivity index (χ3n) is 5.26. The molecule has 0 fully saturated rings. The molecule has 0 spiro atoms. The van der Waals surface area contributed by atoms with Crippen LogP contribution in [0.3, 0.4) is 0 Å². The van der Waals surface area contributed by atoms with E-state index in [9.17, 15) is 4.79 Å². The normalized spacial score (nSPS) is 12.7. The Morgan fingerprint density at radius 2 is 1.97 bits per heavy atom. The van der Waals surface area contributed by atoms with Crippen molar-refractivity contribution in [3.05, 3.63) is 80.7 Å². The van der Waals surface area contributed by atoms with Gasteiger partial charge in [0.2, 0.25) is 0 Å². The van der Waals surface area contributed by atoms with E-state index in [4.69, 9.17) is 27.0 Å². The minimum Gasteiger partial charge on any atom is -0.455 e. The quantitative estimate of drug-likeness (QED) is 0.131. The molecule has 0 aliphatic rings. The van der Waals surface area contributed by atoms with Gasteiger partial charge in [0.05, 0.1) is 22.7 Å². The van der Waals surface area contributed by atoms with Crippen LogP contribution in [0.2, 0.25) is 5.15 Å². The van der Waals surface area contributed by atoms with Crippen LogP contribution in [0.25, 0.3) is 22.3 Å². The summed E-state index contributed by atoms with van der Waals surface area (Å²) in [6, 6.07) is 6.68. The molecular formula is C23H21ClN6O3. The predicted octanol–water partition coefficient (Wildman–Crippen LogP) is 4.18. The molecule has 0 unspecified atom stereocenters. The van der Waals surface area contributed by atoms with E-state index in [1.54, 1.807) is 37.5 Å². The number of fused-ring (bicyclic) bond motifs is 1. The number of hydrogen-bond donors (Lipinski definition) is 3. The van der Waals surface area contributed by atoms with E-state index in [1.165, 1.54) is 6.33 Å². The number of nitrogens with one attached hydrogen (secondary N) is 1. The molecule has 0 amide bonds. The largest absolute Gasteiger partial charge is 0.455 e. The van der Waals surface area contributed by atoms with Crippen LogP contribution in [0.4, 0.5) is 5.69 Å². The number of aryl methyl sites for hydroxylation is 1. The van der Waals surface area contributed by atoms with Crippen molar-refractivity contribution >= 4 is 34.1 Å². The zero-order valence-corrected chi connectivity index (χ0v) is 18.9. The first-order valence-electron chi connectivity index (χ1n) is 10.0. The number of halogens is 1. The highest BCUT2D eigenvalue weighted by molar-refractivity contribution is 6.29. The van der Waals surface area contributed by atoms with Gasteiger partial charge in [-0.15, -0.1) is 0 Å². The van der Waals surface area contributed by atoms with E-state index in [0.717, 1.165) is 11.1 Å². The number of benzene rings is 1. The number of rotatable bonds is 5. The summed E-state index contributed by atoms with van der Waals surface area (Å²) < 4.78 is 6.28. The second-order valence-corrected chi connectivity index (χ2v) is 8.01. The van der Waals surface area contributed by atoms with Crippen LogP contribution in [0.1, 0.15) is 35.3 Å². The number of anilines is 1. The van der Waals surface area contributed by atoms with Gasteiger partial charge in [-0.05, 0) is 44.5 Å². The Labute approximate surface area is 194 Å². The number of pyridine rings is 1. The van der Waals surface area contributed by atoms with Gasteiger partial charge in [0.15, 0.2) is 11.3 Å². The second kappa shape index (κ2) is 8.87. The lowest BCUT2D eigenvalue weighted by Crippen LogP contribution is -2.19. The van der Waals surface area contributed by atoms with Crippen molar-refractivity contribution in [2.75, 3.05) is 5.32 Å². The fourth-order valence-corrected chi connectivity index (χ4v) is 3.83. The van der Waals surface area contributed by atoms with Crippen molar-refractivity contribution < 1.29 is 9.62 Å². The Kier molecular flexibility index (Phi) is 5.97. The average molecular weight is 465 g/mol. The zero-order valence-electron chi connectivity index (χ0n) is 18.1. The molecule has 0 aliphatic carbocycles. The fourth-order valence-electron chi connectivity index (χ4n) is 3.69. The van der Waals surface area contributed by atoms with Crippen LogP contribution in [0.5, 0.6) is 0 Å². The summed E-state index contributed by atoms with van der Waals surface area (Å²) in [6.07, 6.45) is 4.61. The van der Waals surface area contributed by atoms with Gasteiger partial charge >= 0.3 is 0 Å². The topological polar surface area (TPSA) is 140 Å². The highest BCUT2D eigenvalue weighted by Gasteiger charge is 2.20. The minimum atomic E-state index is -0.341. The van der Waals surface area contributed by atoms with Gasteiger partial charge in [-0.3, -0.25) is 4.79 Å². The fraction of sp³-hybridized carbons (Fsp3) is 0.174. The van der Waals surface area contributed by atoms with Gasteiger partial charge in [-0.1, -0.05) is 22.8 Å². The molecule has 4 N–H and O–H groups in total. The summed E-state index contributed by atoms with van der Waals surface area (Å²) >= 11 is 5.99. The maximum atomic E-state index is 13.2. The van der Waals surface area contributed by atoms with Crippen LogP contribution in [-0.4, -0.2) is 26.0 Å². The Morgan fingerprint density at radius 1 is 1.24 bits per heavy atom. The van der Waals surface area contributed by atoms with Crippen molar-refractivity contribution in [1.82, 2.24) is 15.0 Å². The number of amidine groups is 1. The molecule has 33 heavy (non-hydrogen) atoms. The first-order chi connectivity index (χ1) is 15.8. The van der Waals surface area contributed by atoms with Gasteiger partial charge < -0.3 is 20.7 Å². The van der Waals surface area contributed by atoms with Gasteiger partial charge in [0.1, 0.15) is 28.5 Å². The van der Waals surface area contributed by atoms with Crippen molar-refractivity contribution in [3.63, 3.8) is 0 Å². The van der Waals surface area contributed by atoms with E-state index in [0.29, 0.717) is 33.5 Å². The summed E-state index contributed by atoms with van der Waals surface area (Å²) in [4.78, 5) is 25.4. The molecule has 0 aliphatic heterocycles. The zero-order chi connectivity index (χ0) is 23.7. The van der Waals surface area contributed by atoms with E-state index < -0.39 is 0 Å². The average Bonchev–Trinajstić information content (AvgIpc) is 2.82. The van der Waals surface area contributed by atoms with Crippen molar-refractivity contribution in [3.8, 4) is 11.3 Å². The lowest BCUT2D eigenvalue weighted by molar-refractivity contribution is 0.318. The molecule has 168 valence electrons. The molecule has 10 heteroatoms. The Hall–Kier alpha value is -3.98. The molecule has 3 heterocycles. The highest BCUT2D eigenvalue weighted by atomic mass is 35.5. The van der Waals surface area contributed by atoms with Gasteiger partial charge in [0.25, 0.3) is 0 Å². The number of nitrogens with two attached hydrogens (primary N) is 1. The highest BCUT2D eigenvalue weighted by Crippen LogP contribution is 2.32. The first kappa shape index (κ1) is 22.2. The first-order valence-corrected chi connectivity index (χ1v) is 10.4. The molecule has 0 radical (unpaired) electrons. The maximum Gasteiger partial charge on any atom is 0.196 e.